The molecule has 0 aliphatic rings. The molecule has 12 nitrogen and oxygen atoms in total. The highest BCUT2D eigenvalue weighted by molar-refractivity contribution is 6.01. The Labute approximate surface area is 209 Å². The number of carboxylic acid groups (broad SMARTS) is 1. The molecule has 0 radical (unpaired) electrons. The number of hydrogen-bond acceptors (Lipinski definition) is 7. The summed E-state index contributed by atoms with van der Waals surface area (Å²) in [5.74, 6) is -3.59. The molecular weight excluding hydrogens is 494 g/mol. The Morgan fingerprint density at radius 1 is 1.11 bits per heavy atom. The predicted molar refractivity (Wildman–Crippen MR) is 127 cm³/mol. The first kappa shape index (κ1) is 27.0. The van der Waals surface area contributed by atoms with E-state index in [1.165, 1.54) is 12.1 Å². The largest absolute Gasteiger partial charge is 0.478 e. The maximum absolute atomic E-state index is 14.1. The van der Waals surface area contributed by atoms with E-state index in [-0.39, 0.29) is 23.5 Å². The monoisotopic (exact) mass is 518 g/mol. The molecule has 0 aliphatic carbocycles. The van der Waals surface area contributed by atoms with Gasteiger partial charge in [0.05, 0.1) is 11.3 Å². The Hall–Kier alpha value is -4.62. The number of ether oxygens (including phenoxy) is 1. The van der Waals surface area contributed by atoms with E-state index in [1.54, 1.807) is 27.7 Å². The lowest BCUT2D eigenvalue weighted by molar-refractivity contribution is 0.0636. The Balaban J connectivity index is 1.99. The van der Waals surface area contributed by atoms with E-state index in [2.05, 4.69) is 15.7 Å². The van der Waals surface area contributed by atoms with Crippen molar-refractivity contribution in [2.24, 2.45) is 0 Å². The van der Waals surface area contributed by atoms with E-state index >= 15 is 0 Å². The van der Waals surface area contributed by atoms with Gasteiger partial charge in [0.25, 0.3) is 0 Å². The lowest BCUT2D eigenvalue weighted by Gasteiger charge is -2.23. The Morgan fingerprint density at radius 3 is 2.32 bits per heavy atom. The van der Waals surface area contributed by atoms with Crippen molar-refractivity contribution in [2.75, 3.05) is 16.8 Å². The Kier molecular flexibility index (Phi) is 7.70. The Bertz CT molecular complexity index is 1390. The van der Waals surface area contributed by atoms with E-state index in [1.807, 2.05) is 0 Å². The molecular formula is C23H24F2N6O6. The van der Waals surface area contributed by atoms with Gasteiger partial charge in [0, 0.05) is 12.2 Å². The summed E-state index contributed by atoms with van der Waals surface area (Å²) in [4.78, 5) is 51.1. The molecule has 0 aliphatic heterocycles. The minimum absolute atomic E-state index is 0.0179. The third-order valence-electron chi connectivity index (χ3n) is 4.77. The fraction of sp³-hybridized carbons (Fsp3) is 0.304. The second-order valence-corrected chi connectivity index (χ2v) is 8.75. The number of benzene rings is 2. The number of para-hydroxylation sites is 1. The number of nitrogens with zero attached hydrogens (tertiary/aromatic N) is 5. The molecule has 2 aromatic carbocycles. The number of anilines is 2. The highest BCUT2D eigenvalue weighted by Crippen LogP contribution is 2.25. The highest BCUT2D eigenvalue weighted by Gasteiger charge is 2.26. The summed E-state index contributed by atoms with van der Waals surface area (Å²) < 4.78 is 34.0. The number of carbonyl (C=O) groups excluding carboxylic acids is 2. The molecule has 0 fully saturated rings. The van der Waals surface area contributed by atoms with Crippen LogP contribution in [-0.2, 0) is 4.74 Å². The van der Waals surface area contributed by atoms with Gasteiger partial charge in [-0.1, -0.05) is 13.0 Å². The SMILES string of the molecule is CCCN(C(=O)n1nnn(-c2c(F)cccc2F)c1=O)c1ccc(NC(=O)OC(C)(C)C)c(C(=O)O)c1. The fourth-order valence-electron chi connectivity index (χ4n) is 3.27. The number of rotatable bonds is 6. The first-order chi connectivity index (χ1) is 17.3. The topological polar surface area (TPSA) is 149 Å². The number of aromatic carboxylic acids is 1. The molecule has 2 amide bonds. The van der Waals surface area contributed by atoms with Crippen LogP contribution in [0.5, 0.6) is 0 Å². The van der Waals surface area contributed by atoms with Gasteiger partial charge < -0.3 is 9.84 Å². The minimum atomic E-state index is -1.41. The van der Waals surface area contributed by atoms with Crippen molar-refractivity contribution in [1.29, 1.82) is 0 Å². The molecule has 14 heteroatoms. The van der Waals surface area contributed by atoms with Crippen molar-refractivity contribution < 1.29 is 33.0 Å². The summed E-state index contributed by atoms with van der Waals surface area (Å²) in [6, 6.07) is 5.60. The number of amides is 2. The van der Waals surface area contributed by atoms with Crippen LogP contribution in [0.3, 0.4) is 0 Å². The first-order valence-corrected chi connectivity index (χ1v) is 11.0. The smallest absolute Gasteiger partial charge is 0.412 e. The molecule has 0 spiro atoms. The van der Waals surface area contributed by atoms with E-state index in [4.69, 9.17) is 4.74 Å². The summed E-state index contributed by atoms with van der Waals surface area (Å²) in [7, 11) is 0. The van der Waals surface area contributed by atoms with Gasteiger partial charge in [0.2, 0.25) is 0 Å². The lowest BCUT2D eigenvalue weighted by atomic mass is 10.1. The average Bonchev–Trinajstić information content (AvgIpc) is 3.17. The number of aromatic nitrogens is 4. The van der Waals surface area contributed by atoms with Crippen LogP contribution in [-0.4, -0.2) is 55.1 Å². The summed E-state index contributed by atoms with van der Waals surface area (Å²) in [5.41, 5.74) is -3.27. The molecule has 1 aromatic heterocycles. The highest BCUT2D eigenvalue weighted by atomic mass is 19.1. The second kappa shape index (κ2) is 10.6. The van der Waals surface area contributed by atoms with Crippen molar-refractivity contribution >= 4 is 29.5 Å². The zero-order chi connectivity index (χ0) is 27.5. The molecule has 0 bridgehead atoms. The van der Waals surface area contributed by atoms with Gasteiger partial charge in [-0.3, -0.25) is 10.2 Å². The van der Waals surface area contributed by atoms with Gasteiger partial charge in [-0.25, -0.2) is 28.0 Å². The van der Waals surface area contributed by atoms with Gasteiger partial charge in [-0.15, -0.1) is 4.68 Å². The zero-order valence-corrected chi connectivity index (χ0v) is 20.4. The summed E-state index contributed by atoms with van der Waals surface area (Å²) in [6.07, 6.45) is -0.496. The van der Waals surface area contributed by atoms with Gasteiger partial charge in [0.1, 0.15) is 11.3 Å². The third-order valence-corrected chi connectivity index (χ3v) is 4.77. The third kappa shape index (κ3) is 5.97. The molecule has 37 heavy (non-hydrogen) atoms. The van der Waals surface area contributed by atoms with Crippen LogP contribution in [0.1, 0.15) is 44.5 Å². The van der Waals surface area contributed by atoms with Gasteiger partial charge in [0.15, 0.2) is 11.6 Å². The van der Waals surface area contributed by atoms with E-state index in [0.717, 1.165) is 29.2 Å². The van der Waals surface area contributed by atoms with Crippen molar-refractivity contribution in [3.8, 4) is 5.69 Å². The number of nitrogens with one attached hydrogen (secondary N) is 1. The van der Waals surface area contributed by atoms with Crippen LogP contribution in [0.4, 0.5) is 29.7 Å². The number of carbonyl (C=O) groups is 3. The molecule has 3 rings (SSSR count). The fourth-order valence-corrected chi connectivity index (χ4v) is 3.27. The normalized spacial score (nSPS) is 11.2. The van der Waals surface area contributed by atoms with Crippen LogP contribution < -0.4 is 15.9 Å². The molecule has 0 unspecified atom stereocenters. The maximum Gasteiger partial charge on any atom is 0.412 e. The standard InChI is InChI=1S/C23H24F2N6O6/c1-5-11-29(13-9-10-17(14(12-13)19(32)33)26-20(34)37-23(2,3)4)21(35)31-22(36)30(27-28-31)18-15(24)7-6-8-16(18)25/h6-10,12H,5,11H2,1-4H3,(H,26,34)(H,32,33). The van der Waals surface area contributed by atoms with E-state index in [9.17, 15) is 33.1 Å². The van der Waals surface area contributed by atoms with Crippen LogP contribution in [0, 0.1) is 11.6 Å². The molecule has 3 aromatic rings. The zero-order valence-electron chi connectivity index (χ0n) is 20.4. The number of hydrogen-bond donors (Lipinski definition) is 2. The summed E-state index contributed by atoms with van der Waals surface area (Å²) in [6.45, 7) is 6.66. The van der Waals surface area contributed by atoms with Gasteiger partial charge >= 0.3 is 23.8 Å². The summed E-state index contributed by atoms with van der Waals surface area (Å²) in [5, 5.41) is 18.9. The van der Waals surface area contributed by atoms with Crippen molar-refractivity contribution in [3.63, 3.8) is 0 Å². The van der Waals surface area contributed by atoms with E-state index < -0.39 is 46.7 Å². The van der Waals surface area contributed by atoms with Crippen LogP contribution in [0.2, 0.25) is 0 Å². The van der Waals surface area contributed by atoms with Crippen molar-refractivity contribution in [2.45, 2.75) is 39.7 Å². The Morgan fingerprint density at radius 2 is 1.76 bits per heavy atom. The van der Waals surface area contributed by atoms with Crippen molar-refractivity contribution in [1.82, 2.24) is 19.8 Å². The summed E-state index contributed by atoms with van der Waals surface area (Å²) >= 11 is 0. The molecule has 0 saturated carbocycles. The maximum atomic E-state index is 14.1. The first-order valence-electron chi connectivity index (χ1n) is 11.0. The molecule has 0 atom stereocenters. The van der Waals surface area contributed by atoms with Crippen LogP contribution in [0.15, 0.2) is 41.2 Å². The minimum Gasteiger partial charge on any atom is -0.478 e. The molecule has 1 heterocycles. The predicted octanol–water partition coefficient (Wildman–Crippen LogP) is 3.64. The van der Waals surface area contributed by atoms with E-state index in [0.29, 0.717) is 15.8 Å². The second-order valence-electron chi connectivity index (χ2n) is 8.75. The van der Waals surface area contributed by atoms with Gasteiger partial charge in [-0.2, -0.15) is 4.68 Å². The van der Waals surface area contributed by atoms with Gasteiger partial charge in [-0.05, 0) is 68.0 Å². The number of halogens is 2. The van der Waals surface area contributed by atoms with Crippen molar-refractivity contribution in [3.05, 3.63) is 64.1 Å². The quantitative estimate of drug-likeness (QED) is 0.470. The molecule has 0 saturated heterocycles. The molecule has 196 valence electrons. The average molecular weight is 518 g/mol. The lowest BCUT2D eigenvalue weighted by Crippen LogP contribution is -2.41. The number of carboxylic acids is 1. The number of tetrazole rings is 1. The van der Waals surface area contributed by atoms with Crippen LogP contribution in [0.25, 0.3) is 5.69 Å². The molecule has 2 N–H and O–H groups in total. The van der Waals surface area contributed by atoms with Crippen LogP contribution >= 0.6 is 0 Å².